The number of para-hydroxylation sites is 4. The van der Waals surface area contributed by atoms with Crippen LogP contribution in [0, 0.1) is 34.6 Å². The Balaban J connectivity index is 0.000000109. The summed E-state index contributed by atoms with van der Waals surface area (Å²) in [6, 6.07) is 44.5. The van der Waals surface area contributed by atoms with Gasteiger partial charge in [0.15, 0.2) is 0 Å². The Hall–Kier alpha value is -7.52. The highest BCUT2D eigenvalue weighted by atomic mass is 16.3. The minimum atomic E-state index is 0.722. The van der Waals surface area contributed by atoms with Gasteiger partial charge in [-0.25, -0.2) is 15.0 Å². The molecule has 11 aromatic rings. The number of aromatic nitrogens is 7. The van der Waals surface area contributed by atoms with Crippen molar-refractivity contribution in [2.45, 2.75) is 48.0 Å². The normalized spacial score (nSPS) is 11.2. The predicted octanol–water partition coefficient (Wildman–Crippen LogP) is 13.1. The first-order valence-corrected chi connectivity index (χ1v) is 19.9. The molecular weight excluding hydrogens is 743 g/mol. The summed E-state index contributed by atoms with van der Waals surface area (Å²) < 4.78 is 10.6. The summed E-state index contributed by atoms with van der Waals surface area (Å²) >= 11 is 0. The lowest BCUT2D eigenvalue weighted by molar-refractivity contribution is 0.567. The second-order valence-corrected chi connectivity index (χ2v) is 14.6. The Labute approximate surface area is 349 Å². The topological polar surface area (TPSA) is 125 Å². The molecule has 0 saturated carbocycles. The minimum absolute atomic E-state index is 0.722. The van der Waals surface area contributed by atoms with Gasteiger partial charge in [0.2, 0.25) is 5.71 Å². The van der Waals surface area contributed by atoms with Gasteiger partial charge in [-0.3, -0.25) is 4.98 Å². The van der Waals surface area contributed by atoms with E-state index >= 15 is 0 Å². The fourth-order valence-corrected chi connectivity index (χ4v) is 6.82. The van der Waals surface area contributed by atoms with Gasteiger partial charge in [-0.15, -0.1) is 0 Å². The number of rotatable bonds is 0. The number of pyridine rings is 3. The number of allylic oxidation sites excluding steroid dienone is 1. The molecule has 0 aliphatic heterocycles. The van der Waals surface area contributed by atoms with E-state index in [1.54, 1.807) is 12.4 Å². The van der Waals surface area contributed by atoms with Crippen molar-refractivity contribution in [1.29, 1.82) is 0 Å². The molecule has 0 fully saturated rings. The number of hydrogen-bond acceptors (Lipinski definition) is 6. The van der Waals surface area contributed by atoms with Crippen molar-refractivity contribution in [2.75, 3.05) is 0 Å². The summed E-state index contributed by atoms with van der Waals surface area (Å²) in [5, 5.41) is 4.72. The Morgan fingerprint density at radius 1 is 0.500 bits per heavy atom. The smallest absolute Gasteiger partial charge is 0.226 e. The van der Waals surface area contributed by atoms with E-state index in [1.807, 2.05) is 131 Å². The molecule has 8 aromatic heterocycles. The molecule has 0 radical (unpaired) electrons. The zero-order valence-corrected chi connectivity index (χ0v) is 34.8. The number of hydrogen-bond donors (Lipinski definition) is 3. The van der Waals surface area contributed by atoms with Crippen LogP contribution in [-0.4, -0.2) is 34.9 Å². The van der Waals surface area contributed by atoms with Crippen molar-refractivity contribution in [3.63, 3.8) is 0 Å². The van der Waals surface area contributed by atoms with Crippen LogP contribution in [0.25, 0.3) is 61.1 Å². The molecule has 1 aliphatic rings. The standard InChI is InChI=1S/2C9H9N.C9H8O.2C8H8N2.C8H7NO/c1-7-5-8-3-2-4-10-9(8)6-7;2*1-7-6-8-4-2-3-5-9(8)10-7;1-6-5-7-3-2-4-9-8(7)10-6;1-6-9-7-4-2-3-5-8(7)10-6;1-6-5-7-3-2-4-9-8(7)10-6/h2-5H,6H2,1H3;2-6,10H,1H3;2-6H,1H3;2*2-5H,1H3,(H,9,10);2-5H,1H3. The van der Waals surface area contributed by atoms with E-state index in [9.17, 15) is 0 Å². The summed E-state index contributed by atoms with van der Waals surface area (Å²) in [5.41, 5.74) is 12.4. The summed E-state index contributed by atoms with van der Waals surface area (Å²) in [6.45, 7) is 12.1. The van der Waals surface area contributed by atoms with Gasteiger partial charge < -0.3 is 23.8 Å². The molecule has 0 bridgehead atoms. The van der Waals surface area contributed by atoms with Crippen molar-refractivity contribution >= 4 is 61.1 Å². The number of fused-ring (bicyclic) bond motifs is 6. The minimum Gasteiger partial charge on any atom is -0.461 e. The Morgan fingerprint density at radius 3 is 1.87 bits per heavy atom. The largest absolute Gasteiger partial charge is 0.461 e. The van der Waals surface area contributed by atoms with Gasteiger partial charge in [-0.1, -0.05) is 66.2 Å². The molecule has 9 heteroatoms. The maximum absolute atomic E-state index is 5.37. The van der Waals surface area contributed by atoms with Crippen LogP contribution >= 0.6 is 0 Å². The van der Waals surface area contributed by atoms with Crippen molar-refractivity contribution in [3.05, 3.63) is 198 Å². The molecule has 0 atom stereocenters. The fraction of sp³-hybridized carbons (Fsp3) is 0.137. The van der Waals surface area contributed by atoms with Crippen LogP contribution in [0.2, 0.25) is 0 Å². The van der Waals surface area contributed by atoms with Crippen LogP contribution in [0.3, 0.4) is 0 Å². The Bertz CT molecular complexity index is 2540. The summed E-state index contributed by atoms with van der Waals surface area (Å²) in [5.74, 6) is 2.86. The molecule has 0 saturated heterocycles. The molecule has 0 amide bonds. The summed E-state index contributed by atoms with van der Waals surface area (Å²) in [7, 11) is 0. The zero-order chi connectivity index (χ0) is 41.8. The Kier molecular flexibility index (Phi) is 13.1. The van der Waals surface area contributed by atoms with E-state index in [1.165, 1.54) is 44.2 Å². The monoisotopic (exact) mass is 791 g/mol. The van der Waals surface area contributed by atoms with E-state index < -0.39 is 0 Å². The van der Waals surface area contributed by atoms with Crippen molar-refractivity contribution in [1.82, 2.24) is 34.9 Å². The molecule has 8 heterocycles. The number of imidazole rings is 1. The quantitative estimate of drug-likeness (QED) is 0.140. The second-order valence-electron chi connectivity index (χ2n) is 14.6. The maximum atomic E-state index is 5.37. The third kappa shape index (κ3) is 10.9. The first-order valence-electron chi connectivity index (χ1n) is 19.9. The average Bonchev–Trinajstić information content (AvgIpc) is 4.10. The van der Waals surface area contributed by atoms with E-state index in [0.717, 1.165) is 62.8 Å². The molecule has 0 unspecified atom stereocenters. The van der Waals surface area contributed by atoms with Crippen LogP contribution in [0.4, 0.5) is 0 Å². The van der Waals surface area contributed by atoms with Gasteiger partial charge in [0.05, 0.1) is 16.7 Å². The highest BCUT2D eigenvalue weighted by Crippen LogP contribution is 2.22. The third-order valence-electron chi connectivity index (χ3n) is 9.44. The second kappa shape index (κ2) is 19.3. The highest BCUT2D eigenvalue weighted by molar-refractivity contribution is 5.80. The Morgan fingerprint density at radius 2 is 1.12 bits per heavy atom. The number of aryl methyl sites for hydroxylation is 5. The fourth-order valence-electron chi connectivity index (χ4n) is 6.82. The molecular formula is C51H49N7O2. The lowest BCUT2D eigenvalue weighted by atomic mass is 10.2. The average molecular weight is 792 g/mol. The van der Waals surface area contributed by atoms with Crippen molar-refractivity contribution in [2.24, 2.45) is 0 Å². The number of aromatic amines is 3. The first-order chi connectivity index (χ1) is 29.2. The molecule has 12 rings (SSSR count). The van der Waals surface area contributed by atoms with Gasteiger partial charge in [0.25, 0.3) is 0 Å². The molecule has 3 N–H and O–H groups in total. The maximum Gasteiger partial charge on any atom is 0.226 e. The van der Waals surface area contributed by atoms with Crippen LogP contribution in [0.15, 0.2) is 166 Å². The van der Waals surface area contributed by atoms with Crippen LogP contribution in [0.1, 0.15) is 46.9 Å². The first kappa shape index (κ1) is 40.7. The number of H-pyrrole nitrogens is 3. The van der Waals surface area contributed by atoms with Crippen molar-refractivity contribution < 1.29 is 8.83 Å². The van der Waals surface area contributed by atoms with Gasteiger partial charge in [-0.2, -0.15) is 0 Å². The summed E-state index contributed by atoms with van der Waals surface area (Å²) in [4.78, 5) is 26.3. The van der Waals surface area contributed by atoms with Crippen LogP contribution in [-0.2, 0) is 6.42 Å². The molecule has 300 valence electrons. The number of benzene rings is 3. The number of nitrogens with one attached hydrogen (secondary N) is 3. The number of nitrogens with zero attached hydrogens (tertiary/aromatic N) is 4. The molecule has 60 heavy (non-hydrogen) atoms. The van der Waals surface area contributed by atoms with Crippen LogP contribution in [0.5, 0.6) is 0 Å². The summed E-state index contributed by atoms with van der Waals surface area (Å²) in [6.07, 6.45) is 8.60. The van der Waals surface area contributed by atoms with Gasteiger partial charge in [-0.05, 0) is 131 Å². The predicted molar refractivity (Wildman–Crippen MR) is 246 cm³/mol. The van der Waals surface area contributed by atoms with E-state index in [4.69, 9.17) is 8.83 Å². The number of furan rings is 2. The van der Waals surface area contributed by atoms with E-state index in [-0.39, 0.29) is 0 Å². The van der Waals surface area contributed by atoms with E-state index in [0.29, 0.717) is 0 Å². The van der Waals surface area contributed by atoms with Gasteiger partial charge in [0.1, 0.15) is 28.6 Å². The molecule has 1 aliphatic carbocycles. The zero-order valence-electron chi connectivity index (χ0n) is 34.8. The lowest BCUT2D eigenvalue weighted by Gasteiger charge is -1.92. The van der Waals surface area contributed by atoms with Crippen LogP contribution < -0.4 is 0 Å². The SMILES string of the molecule is CC1=Cc2cccnc2C1.Cc1cc2ccccc2[nH]1.Cc1cc2ccccc2o1.Cc1cc2cccnc2[nH]1.Cc1cc2cccnc2o1.Cc1nc2ccccc2[nH]1. The van der Waals surface area contributed by atoms with Gasteiger partial charge in [0, 0.05) is 58.1 Å². The van der Waals surface area contributed by atoms with E-state index in [2.05, 4.69) is 91.2 Å². The molecule has 0 spiro atoms. The molecule has 9 nitrogen and oxygen atoms in total. The third-order valence-corrected chi connectivity index (χ3v) is 9.44. The molecule has 3 aromatic carbocycles. The lowest BCUT2D eigenvalue weighted by Crippen LogP contribution is -1.85. The van der Waals surface area contributed by atoms with Gasteiger partial charge >= 0.3 is 0 Å². The highest BCUT2D eigenvalue weighted by Gasteiger charge is 2.08. The van der Waals surface area contributed by atoms with Crippen molar-refractivity contribution in [3.8, 4) is 0 Å².